The topological polar surface area (TPSA) is 78.2 Å². The Balaban J connectivity index is 1.70. The Labute approximate surface area is 235 Å². The third-order valence-electron chi connectivity index (χ3n) is 6.70. The van der Waals surface area contributed by atoms with E-state index in [0.717, 1.165) is 10.9 Å². The molecule has 3 aromatic carbocycles. The maximum absolute atomic E-state index is 13.9. The molecular weight excluding hydrogens is 562 g/mol. The number of methoxy groups -OCH3 is 1. The summed E-state index contributed by atoms with van der Waals surface area (Å²) < 4.78 is 24.2. The summed E-state index contributed by atoms with van der Waals surface area (Å²) in [4.78, 5) is 29.4. The van der Waals surface area contributed by atoms with Gasteiger partial charge in [0.2, 0.25) is 5.76 Å². The largest absolute Gasteiger partial charge is 0.497 e. The van der Waals surface area contributed by atoms with E-state index < -0.39 is 11.9 Å². The summed E-state index contributed by atoms with van der Waals surface area (Å²) in [6.07, 6.45) is 0.908. The van der Waals surface area contributed by atoms with Crippen LogP contribution in [0.25, 0.3) is 11.0 Å². The highest BCUT2D eigenvalue weighted by Gasteiger charge is 2.44. The van der Waals surface area contributed by atoms with Gasteiger partial charge < -0.3 is 18.6 Å². The lowest BCUT2D eigenvalue weighted by molar-refractivity contribution is 0.0971. The molecule has 1 aromatic heterocycles. The van der Waals surface area contributed by atoms with Crippen molar-refractivity contribution in [1.82, 2.24) is 0 Å². The minimum atomic E-state index is -0.747. The molecule has 1 aliphatic heterocycles. The van der Waals surface area contributed by atoms with Crippen LogP contribution in [0.4, 0.5) is 5.69 Å². The number of anilines is 1. The van der Waals surface area contributed by atoms with Gasteiger partial charge in [-0.2, -0.15) is 0 Å². The summed E-state index contributed by atoms with van der Waals surface area (Å²) in [5, 5.41) is 0.395. The molecule has 0 N–H and O–H groups in total. The third-order valence-corrected chi connectivity index (χ3v) is 7.19. The van der Waals surface area contributed by atoms with Crippen LogP contribution in [0.1, 0.15) is 54.9 Å². The number of rotatable bonds is 9. The van der Waals surface area contributed by atoms with Crippen molar-refractivity contribution in [2.24, 2.45) is 5.92 Å². The number of benzene rings is 3. The maximum Gasteiger partial charge on any atom is 0.295 e. The van der Waals surface area contributed by atoms with Crippen molar-refractivity contribution in [3.8, 4) is 17.2 Å². The smallest absolute Gasteiger partial charge is 0.295 e. The second-order valence-corrected chi connectivity index (χ2v) is 10.7. The van der Waals surface area contributed by atoms with Crippen LogP contribution in [0.5, 0.6) is 17.2 Å². The average Bonchev–Trinajstić information content (AvgIpc) is 3.22. The molecule has 0 fully saturated rings. The van der Waals surface area contributed by atoms with Crippen LogP contribution < -0.4 is 24.5 Å². The Morgan fingerprint density at radius 3 is 2.56 bits per heavy atom. The predicted octanol–water partition coefficient (Wildman–Crippen LogP) is 7.14. The van der Waals surface area contributed by atoms with Crippen LogP contribution >= 0.6 is 15.9 Å². The molecule has 1 aliphatic rings. The van der Waals surface area contributed by atoms with Gasteiger partial charge in [0, 0.05) is 16.2 Å². The number of hydrogen-bond donors (Lipinski definition) is 0. The van der Waals surface area contributed by atoms with Crippen molar-refractivity contribution in [2.45, 2.75) is 33.2 Å². The molecule has 0 bridgehead atoms. The van der Waals surface area contributed by atoms with E-state index in [4.69, 9.17) is 18.6 Å². The molecule has 1 atom stereocenters. The standard InChI is InChI=1S/C31H30BrNO6/c1-5-37-26-15-19(9-11-25(26)38-14-13-18(2)3)28-27-29(34)23-16-20(32)10-12-24(23)39-30(27)31(35)33(28)21-7-6-8-22(17-21)36-4/h6-12,15-18,28H,5,13-14H2,1-4H3. The molecule has 8 heteroatoms. The number of nitrogens with zero attached hydrogens (tertiary/aromatic N) is 1. The third kappa shape index (κ3) is 5.13. The van der Waals surface area contributed by atoms with Crippen LogP contribution in [0, 0.1) is 5.92 Å². The number of hydrogen-bond acceptors (Lipinski definition) is 6. The van der Waals surface area contributed by atoms with Crippen molar-refractivity contribution in [3.63, 3.8) is 0 Å². The van der Waals surface area contributed by atoms with Gasteiger partial charge in [0.15, 0.2) is 16.9 Å². The fourth-order valence-electron chi connectivity index (χ4n) is 4.77. The van der Waals surface area contributed by atoms with E-state index in [0.29, 0.717) is 58.6 Å². The first kappa shape index (κ1) is 26.8. The highest BCUT2D eigenvalue weighted by molar-refractivity contribution is 9.10. The van der Waals surface area contributed by atoms with Gasteiger partial charge in [-0.25, -0.2) is 0 Å². The van der Waals surface area contributed by atoms with Gasteiger partial charge in [0.05, 0.1) is 37.3 Å². The van der Waals surface area contributed by atoms with E-state index in [2.05, 4.69) is 29.8 Å². The molecule has 0 radical (unpaired) electrons. The van der Waals surface area contributed by atoms with Crippen molar-refractivity contribution < 1.29 is 23.4 Å². The highest BCUT2D eigenvalue weighted by Crippen LogP contribution is 2.44. The lowest BCUT2D eigenvalue weighted by atomic mass is 9.97. The zero-order chi connectivity index (χ0) is 27.7. The zero-order valence-corrected chi connectivity index (χ0v) is 23.9. The van der Waals surface area contributed by atoms with Gasteiger partial charge in [-0.15, -0.1) is 0 Å². The fraction of sp³-hybridized carbons (Fsp3) is 0.290. The number of amides is 1. The van der Waals surface area contributed by atoms with Crippen LogP contribution in [0.15, 0.2) is 74.3 Å². The number of carbonyl (C=O) groups is 1. The first-order chi connectivity index (χ1) is 18.8. The van der Waals surface area contributed by atoms with E-state index in [1.165, 1.54) is 0 Å². The molecule has 1 amide bonds. The molecule has 0 aliphatic carbocycles. The lowest BCUT2D eigenvalue weighted by Crippen LogP contribution is -2.29. The maximum atomic E-state index is 13.9. The van der Waals surface area contributed by atoms with Gasteiger partial charge in [-0.3, -0.25) is 14.5 Å². The minimum Gasteiger partial charge on any atom is -0.497 e. The second-order valence-electron chi connectivity index (χ2n) is 9.76. The molecule has 0 saturated carbocycles. The molecule has 7 nitrogen and oxygen atoms in total. The number of fused-ring (bicyclic) bond motifs is 2. The number of halogens is 1. The zero-order valence-electron chi connectivity index (χ0n) is 22.3. The minimum absolute atomic E-state index is 0.0258. The quantitative estimate of drug-likeness (QED) is 0.206. The van der Waals surface area contributed by atoms with E-state index >= 15 is 0 Å². The Morgan fingerprint density at radius 1 is 1.00 bits per heavy atom. The lowest BCUT2D eigenvalue weighted by Gasteiger charge is -2.26. The second kappa shape index (κ2) is 11.1. The number of ether oxygens (including phenoxy) is 3. The molecule has 4 aromatic rings. The Bertz CT molecular complexity index is 1590. The summed E-state index contributed by atoms with van der Waals surface area (Å²) >= 11 is 3.45. The van der Waals surface area contributed by atoms with Crippen LogP contribution in [0.3, 0.4) is 0 Å². The van der Waals surface area contributed by atoms with E-state index in [1.54, 1.807) is 42.3 Å². The Morgan fingerprint density at radius 2 is 1.82 bits per heavy atom. The molecule has 0 spiro atoms. The summed E-state index contributed by atoms with van der Waals surface area (Å²) in [6, 6.07) is 17.2. The van der Waals surface area contributed by atoms with Crippen LogP contribution in [0.2, 0.25) is 0 Å². The van der Waals surface area contributed by atoms with E-state index in [9.17, 15) is 9.59 Å². The molecule has 5 rings (SSSR count). The summed E-state index contributed by atoms with van der Waals surface area (Å²) in [7, 11) is 1.57. The predicted molar refractivity (Wildman–Crippen MR) is 154 cm³/mol. The first-order valence-corrected chi connectivity index (χ1v) is 13.7. The van der Waals surface area contributed by atoms with Crippen molar-refractivity contribution in [1.29, 1.82) is 0 Å². The van der Waals surface area contributed by atoms with Crippen molar-refractivity contribution in [3.05, 3.63) is 92.2 Å². The Kier molecular flexibility index (Phi) is 7.66. The highest BCUT2D eigenvalue weighted by atomic mass is 79.9. The molecule has 39 heavy (non-hydrogen) atoms. The molecule has 2 heterocycles. The summed E-state index contributed by atoms with van der Waals surface area (Å²) in [5.74, 6) is 1.89. The fourth-order valence-corrected chi connectivity index (χ4v) is 5.14. The van der Waals surface area contributed by atoms with Gasteiger partial charge in [0.25, 0.3) is 5.91 Å². The van der Waals surface area contributed by atoms with Crippen LogP contribution in [-0.2, 0) is 0 Å². The molecular formula is C31H30BrNO6. The number of carbonyl (C=O) groups excluding carboxylic acids is 1. The van der Waals surface area contributed by atoms with Crippen LogP contribution in [-0.4, -0.2) is 26.2 Å². The normalized spacial score (nSPS) is 14.7. The van der Waals surface area contributed by atoms with E-state index in [1.807, 2.05) is 37.3 Å². The summed E-state index contributed by atoms with van der Waals surface area (Å²) in [5.41, 5.74) is 1.66. The average molecular weight is 592 g/mol. The summed E-state index contributed by atoms with van der Waals surface area (Å²) in [6.45, 7) is 7.18. The molecule has 202 valence electrons. The molecule has 0 saturated heterocycles. The Hall–Kier alpha value is -3.78. The first-order valence-electron chi connectivity index (χ1n) is 13.0. The molecule has 1 unspecified atom stereocenters. The van der Waals surface area contributed by atoms with E-state index in [-0.39, 0.29) is 16.8 Å². The monoisotopic (exact) mass is 591 g/mol. The van der Waals surface area contributed by atoms with Crippen molar-refractivity contribution >= 4 is 38.5 Å². The van der Waals surface area contributed by atoms with Gasteiger partial charge in [-0.1, -0.05) is 41.9 Å². The van der Waals surface area contributed by atoms with Gasteiger partial charge in [0.1, 0.15) is 11.3 Å². The van der Waals surface area contributed by atoms with Crippen molar-refractivity contribution in [2.75, 3.05) is 25.2 Å². The SMILES string of the molecule is CCOc1cc(C2c3c(oc4ccc(Br)cc4c3=O)C(=O)N2c2cccc(OC)c2)ccc1OCCC(C)C. The van der Waals surface area contributed by atoms with Gasteiger partial charge >= 0.3 is 0 Å². The van der Waals surface area contributed by atoms with Gasteiger partial charge in [-0.05, 0) is 67.3 Å².